The van der Waals surface area contributed by atoms with E-state index in [-0.39, 0.29) is 23.6 Å². The van der Waals surface area contributed by atoms with Crippen molar-refractivity contribution in [3.8, 4) is 5.75 Å². The highest BCUT2D eigenvalue weighted by Gasteiger charge is 2.35. The largest absolute Gasteiger partial charge is 0.505 e. The van der Waals surface area contributed by atoms with E-state index in [0.29, 0.717) is 5.92 Å². The van der Waals surface area contributed by atoms with E-state index in [1.165, 1.54) is 12.1 Å². The van der Waals surface area contributed by atoms with Gasteiger partial charge in [-0.1, -0.05) is 13.0 Å². The normalized spacial score (nSPS) is 26.2. The molecule has 0 saturated heterocycles. The van der Waals surface area contributed by atoms with Gasteiger partial charge in [-0.05, 0) is 43.7 Å². The molecule has 1 aliphatic carbocycles. The van der Waals surface area contributed by atoms with Crippen LogP contribution in [0, 0.1) is 5.92 Å². The van der Waals surface area contributed by atoms with Crippen LogP contribution >= 0.6 is 0 Å². The number of benzene rings is 1. The summed E-state index contributed by atoms with van der Waals surface area (Å²) < 4.78 is 0. The molecule has 1 amide bonds. The average Bonchev–Trinajstić information content (AvgIpc) is 2.44. The summed E-state index contributed by atoms with van der Waals surface area (Å²) in [7, 11) is 0. The minimum Gasteiger partial charge on any atom is -0.505 e. The third-order valence-electron chi connectivity index (χ3n) is 4.22. The fourth-order valence-corrected chi connectivity index (χ4v) is 2.69. The van der Waals surface area contributed by atoms with E-state index in [9.17, 15) is 15.0 Å². The third kappa shape index (κ3) is 2.88. The lowest BCUT2D eigenvalue weighted by atomic mass is 9.77. The molecule has 5 heteroatoms. The van der Waals surface area contributed by atoms with Gasteiger partial charge in [0.1, 0.15) is 0 Å². The van der Waals surface area contributed by atoms with Gasteiger partial charge in [-0.2, -0.15) is 0 Å². The van der Waals surface area contributed by atoms with Gasteiger partial charge in [0.25, 0.3) is 5.91 Å². The highest BCUT2D eigenvalue weighted by atomic mass is 16.3. The van der Waals surface area contributed by atoms with Crippen LogP contribution in [0.2, 0.25) is 0 Å². The van der Waals surface area contributed by atoms with Crippen molar-refractivity contribution in [1.29, 1.82) is 0 Å². The zero-order valence-electron chi connectivity index (χ0n) is 11.7. The molecule has 0 unspecified atom stereocenters. The topological polar surface area (TPSA) is 95.6 Å². The number of nitrogens with one attached hydrogen (secondary N) is 1. The van der Waals surface area contributed by atoms with Gasteiger partial charge in [0.05, 0.1) is 23.4 Å². The Balaban J connectivity index is 2.15. The minimum absolute atomic E-state index is 0.0888. The molecule has 1 saturated carbocycles. The van der Waals surface area contributed by atoms with Crippen molar-refractivity contribution in [3.63, 3.8) is 0 Å². The van der Waals surface area contributed by atoms with Gasteiger partial charge < -0.3 is 21.3 Å². The number of aliphatic hydroxyl groups is 1. The predicted octanol–water partition coefficient (Wildman–Crippen LogP) is 1.65. The standard InChI is InChI=1S/C15H22N2O3/c1-10-5-7-15(9-18,8-6-10)17-14(20)11-3-2-4-12(16)13(11)19/h2-4,10,18-19H,5-9,16H2,1H3,(H,17,20). The zero-order chi connectivity index (χ0) is 14.8. The summed E-state index contributed by atoms with van der Waals surface area (Å²) >= 11 is 0. The summed E-state index contributed by atoms with van der Waals surface area (Å²) in [5.41, 5.74) is 5.34. The smallest absolute Gasteiger partial charge is 0.255 e. The van der Waals surface area contributed by atoms with Gasteiger partial charge >= 0.3 is 0 Å². The van der Waals surface area contributed by atoms with Crippen molar-refractivity contribution in [2.45, 2.75) is 38.1 Å². The van der Waals surface area contributed by atoms with E-state index in [1.54, 1.807) is 6.07 Å². The second-order valence-electron chi connectivity index (χ2n) is 5.82. The number of amides is 1. The number of hydrogen-bond donors (Lipinski definition) is 4. The van der Waals surface area contributed by atoms with Gasteiger partial charge in [-0.15, -0.1) is 0 Å². The lowest BCUT2D eigenvalue weighted by molar-refractivity contribution is 0.0715. The van der Waals surface area contributed by atoms with Crippen LogP contribution in [0.5, 0.6) is 5.75 Å². The molecule has 1 aliphatic rings. The molecule has 2 rings (SSSR count). The number of carbonyl (C=O) groups excluding carboxylic acids is 1. The Morgan fingerprint density at radius 2 is 2.10 bits per heavy atom. The molecule has 110 valence electrons. The van der Waals surface area contributed by atoms with Gasteiger partial charge in [0, 0.05) is 0 Å². The van der Waals surface area contributed by atoms with Crippen molar-refractivity contribution in [1.82, 2.24) is 5.32 Å². The molecule has 0 spiro atoms. The highest BCUT2D eigenvalue weighted by Crippen LogP contribution is 2.32. The molecule has 1 aromatic carbocycles. The Morgan fingerprint density at radius 1 is 1.45 bits per heavy atom. The van der Waals surface area contributed by atoms with Crippen molar-refractivity contribution in [3.05, 3.63) is 23.8 Å². The number of nitrogens with two attached hydrogens (primary N) is 1. The summed E-state index contributed by atoms with van der Waals surface area (Å²) in [4.78, 5) is 12.3. The second kappa shape index (κ2) is 5.71. The van der Waals surface area contributed by atoms with E-state index in [4.69, 9.17) is 5.73 Å². The first kappa shape index (κ1) is 14.7. The van der Waals surface area contributed by atoms with Gasteiger partial charge in [-0.25, -0.2) is 0 Å². The van der Waals surface area contributed by atoms with Gasteiger partial charge in [0.15, 0.2) is 5.75 Å². The van der Waals surface area contributed by atoms with Gasteiger partial charge in [0.2, 0.25) is 0 Å². The fourth-order valence-electron chi connectivity index (χ4n) is 2.69. The third-order valence-corrected chi connectivity index (χ3v) is 4.22. The van der Waals surface area contributed by atoms with E-state index < -0.39 is 11.4 Å². The molecular formula is C15H22N2O3. The van der Waals surface area contributed by atoms with Crippen molar-refractivity contribution in [2.24, 2.45) is 5.92 Å². The SMILES string of the molecule is CC1CCC(CO)(NC(=O)c2cccc(N)c2O)CC1. The first-order valence-electron chi connectivity index (χ1n) is 6.98. The second-order valence-corrected chi connectivity index (χ2v) is 5.82. The molecule has 0 heterocycles. The molecule has 0 radical (unpaired) electrons. The van der Waals surface area contributed by atoms with Crippen LogP contribution in [0.1, 0.15) is 43.0 Å². The maximum atomic E-state index is 12.3. The number of hydrogen-bond acceptors (Lipinski definition) is 4. The molecule has 5 N–H and O–H groups in total. The number of aromatic hydroxyl groups is 1. The zero-order valence-corrected chi connectivity index (χ0v) is 11.7. The van der Waals surface area contributed by atoms with E-state index in [2.05, 4.69) is 12.2 Å². The van der Waals surface area contributed by atoms with Crippen LogP contribution in [0.15, 0.2) is 18.2 Å². The molecule has 0 aliphatic heterocycles. The Hall–Kier alpha value is -1.75. The first-order valence-corrected chi connectivity index (χ1v) is 6.98. The van der Waals surface area contributed by atoms with E-state index >= 15 is 0 Å². The van der Waals surface area contributed by atoms with Crippen molar-refractivity contribution >= 4 is 11.6 Å². The maximum absolute atomic E-state index is 12.3. The van der Waals surface area contributed by atoms with E-state index in [1.807, 2.05) is 0 Å². The summed E-state index contributed by atoms with van der Waals surface area (Å²) in [6.45, 7) is 2.08. The fraction of sp³-hybridized carbons (Fsp3) is 0.533. The number of aliphatic hydroxyl groups excluding tert-OH is 1. The number of para-hydroxylation sites is 1. The Bertz CT molecular complexity index is 494. The number of carbonyl (C=O) groups is 1. The average molecular weight is 278 g/mol. The van der Waals surface area contributed by atoms with Crippen LogP contribution in [0.3, 0.4) is 0 Å². The molecule has 1 aromatic rings. The quantitative estimate of drug-likeness (QED) is 0.499. The van der Waals surface area contributed by atoms with E-state index in [0.717, 1.165) is 25.7 Å². The van der Waals surface area contributed by atoms with Crippen LogP contribution < -0.4 is 11.1 Å². The molecule has 0 bridgehead atoms. The van der Waals surface area contributed by atoms with Crippen LogP contribution in [-0.4, -0.2) is 28.3 Å². The minimum atomic E-state index is -0.583. The number of rotatable bonds is 3. The van der Waals surface area contributed by atoms with Crippen LogP contribution in [0.25, 0.3) is 0 Å². The summed E-state index contributed by atoms with van der Waals surface area (Å²) in [6.07, 6.45) is 3.45. The molecule has 5 nitrogen and oxygen atoms in total. The predicted molar refractivity (Wildman–Crippen MR) is 77.4 cm³/mol. The Morgan fingerprint density at radius 3 is 2.70 bits per heavy atom. The van der Waals surface area contributed by atoms with Crippen LogP contribution in [-0.2, 0) is 0 Å². The maximum Gasteiger partial charge on any atom is 0.255 e. The summed E-state index contributed by atoms with van der Waals surface area (Å²) in [5, 5.41) is 22.4. The van der Waals surface area contributed by atoms with Crippen molar-refractivity contribution in [2.75, 3.05) is 12.3 Å². The van der Waals surface area contributed by atoms with Crippen LogP contribution in [0.4, 0.5) is 5.69 Å². The monoisotopic (exact) mass is 278 g/mol. The molecule has 20 heavy (non-hydrogen) atoms. The highest BCUT2D eigenvalue weighted by molar-refractivity contribution is 5.98. The lowest BCUT2D eigenvalue weighted by Gasteiger charge is -2.38. The van der Waals surface area contributed by atoms with Gasteiger partial charge in [-0.3, -0.25) is 4.79 Å². The molecular weight excluding hydrogens is 256 g/mol. The van der Waals surface area contributed by atoms with Crippen molar-refractivity contribution < 1.29 is 15.0 Å². The molecule has 1 fully saturated rings. The molecule has 0 atom stereocenters. The lowest BCUT2D eigenvalue weighted by Crippen LogP contribution is -2.53. The Kier molecular flexibility index (Phi) is 4.18. The molecule has 0 aromatic heterocycles. The summed E-state index contributed by atoms with van der Waals surface area (Å²) in [6, 6.07) is 4.69. The number of nitrogen functional groups attached to an aromatic ring is 1. The number of phenolic OH excluding ortho intramolecular Hbond substituents is 1. The Labute approximate surface area is 118 Å². The first-order chi connectivity index (χ1) is 9.47. The number of anilines is 1. The number of phenols is 1. The summed E-state index contributed by atoms with van der Waals surface area (Å²) in [5.74, 6) is 0.0213.